The zero-order valence-electron chi connectivity index (χ0n) is 11.7. The van der Waals surface area contributed by atoms with E-state index in [0.29, 0.717) is 12.4 Å². The molecule has 0 saturated heterocycles. The summed E-state index contributed by atoms with van der Waals surface area (Å²) < 4.78 is 10.7. The number of nitrogens with one attached hydrogen (secondary N) is 1. The molecular weight excluding hydrogens is 270 g/mol. The molecule has 1 aliphatic rings. The van der Waals surface area contributed by atoms with Crippen LogP contribution >= 0.6 is 0 Å². The lowest BCUT2D eigenvalue weighted by Gasteiger charge is -2.28. The predicted molar refractivity (Wildman–Crippen MR) is 79.0 cm³/mol. The highest BCUT2D eigenvalue weighted by Crippen LogP contribution is 2.41. The van der Waals surface area contributed by atoms with Crippen molar-refractivity contribution < 1.29 is 19.7 Å². The Bertz CT molecular complexity index is 641. The van der Waals surface area contributed by atoms with Crippen LogP contribution in [0.5, 0.6) is 17.2 Å². The van der Waals surface area contributed by atoms with Gasteiger partial charge >= 0.3 is 0 Å². The van der Waals surface area contributed by atoms with Gasteiger partial charge in [-0.05, 0) is 36.4 Å². The van der Waals surface area contributed by atoms with Crippen molar-refractivity contribution >= 4 is 5.69 Å². The molecule has 21 heavy (non-hydrogen) atoms. The number of hydrogen-bond acceptors (Lipinski definition) is 5. The van der Waals surface area contributed by atoms with E-state index in [9.17, 15) is 10.2 Å². The van der Waals surface area contributed by atoms with E-state index in [1.54, 1.807) is 25.3 Å². The van der Waals surface area contributed by atoms with Gasteiger partial charge in [0.2, 0.25) is 0 Å². The Morgan fingerprint density at radius 3 is 2.67 bits per heavy atom. The van der Waals surface area contributed by atoms with Crippen LogP contribution in [0.2, 0.25) is 0 Å². The van der Waals surface area contributed by atoms with Crippen LogP contribution in [-0.4, -0.2) is 30.5 Å². The molecule has 1 heterocycles. The summed E-state index contributed by atoms with van der Waals surface area (Å²) in [4.78, 5) is 0. The number of rotatable bonds is 4. The summed E-state index contributed by atoms with van der Waals surface area (Å²) in [6, 6.07) is 12.4. The molecule has 3 rings (SSSR count). The molecule has 0 saturated carbocycles. The minimum absolute atomic E-state index is 0.114. The number of benzene rings is 2. The van der Waals surface area contributed by atoms with E-state index in [1.165, 1.54) is 0 Å². The topological polar surface area (TPSA) is 71.0 Å². The Balaban J connectivity index is 1.92. The smallest absolute Gasteiger partial charge is 0.128 e. The van der Waals surface area contributed by atoms with Gasteiger partial charge in [0.25, 0.3) is 0 Å². The van der Waals surface area contributed by atoms with Crippen molar-refractivity contribution in [2.45, 2.75) is 5.54 Å². The molecule has 1 atom stereocenters. The van der Waals surface area contributed by atoms with Crippen LogP contribution < -0.4 is 14.8 Å². The molecule has 110 valence electrons. The van der Waals surface area contributed by atoms with Crippen molar-refractivity contribution in [2.24, 2.45) is 0 Å². The number of aliphatic hydroxyl groups excluding tert-OH is 1. The zero-order valence-corrected chi connectivity index (χ0v) is 11.7. The summed E-state index contributed by atoms with van der Waals surface area (Å²) in [5.74, 6) is 1.50. The lowest BCUT2D eigenvalue weighted by atomic mass is 9.92. The highest BCUT2D eigenvalue weighted by Gasteiger charge is 2.40. The molecule has 0 spiro atoms. The first-order chi connectivity index (χ1) is 10.2. The van der Waals surface area contributed by atoms with Gasteiger partial charge in [-0.1, -0.05) is 0 Å². The Labute approximate surface area is 122 Å². The third-order valence-corrected chi connectivity index (χ3v) is 3.70. The highest BCUT2D eigenvalue weighted by molar-refractivity contribution is 5.56. The number of phenols is 1. The maximum atomic E-state index is 9.86. The fourth-order valence-electron chi connectivity index (χ4n) is 2.53. The quantitative estimate of drug-likeness (QED) is 0.803. The normalized spacial score (nSPS) is 19.7. The molecule has 0 radical (unpaired) electrons. The second-order valence-electron chi connectivity index (χ2n) is 5.06. The number of ether oxygens (including phenoxy) is 2. The number of aromatic hydroxyl groups is 1. The van der Waals surface area contributed by atoms with Gasteiger partial charge in [0, 0.05) is 17.3 Å². The van der Waals surface area contributed by atoms with Gasteiger partial charge in [0.1, 0.15) is 29.4 Å². The van der Waals surface area contributed by atoms with Crippen molar-refractivity contribution in [1.29, 1.82) is 0 Å². The largest absolute Gasteiger partial charge is 0.508 e. The first-order valence-corrected chi connectivity index (χ1v) is 6.66. The Hall–Kier alpha value is -2.40. The average molecular weight is 287 g/mol. The summed E-state index contributed by atoms with van der Waals surface area (Å²) in [7, 11) is 1.62. The van der Waals surface area contributed by atoms with Gasteiger partial charge in [0.15, 0.2) is 0 Å². The van der Waals surface area contributed by atoms with Gasteiger partial charge in [-0.15, -0.1) is 0 Å². The van der Waals surface area contributed by atoms with Gasteiger partial charge in [-0.25, -0.2) is 0 Å². The summed E-state index contributed by atoms with van der Waals surface area (Å²) in [6.07, 6.45) is 0. The molecule has 2 aromatic rings. The Kier molecular flexibility index (Phi) is 3.35. The van der Waals surface area contributed by atoms with Crippen molar-refractivity contribution in [3.05, 3.63) is 48.0 Å². The van der Waals surface area contributed by atoms with Crippen LogP contribution in [0.4, 0.5) is 5.69 Å². The molecule has 1 unspecified atom stereocenters. The third kappa shape index (κ3) is 2.36. The lowest BCUT2D eigenvalue weighted by molar-refractivity contribution is 0.177. The number of hydrogen-bond donors (Lipinski definition) is 3. The van der Waals surface area contributed by atoms with Gasteiger partial charge in [0.05, 0.1) is 13.7 Å². The Morgan fingerprint density at radius 1 is 1.24 bits per heavy atom. The summed E-state index contributed by atoms with van der Waals surface area (Å²) in [5, 5.41) is 22.7. The summed E-state index contributed by atoms with van der Waals surface area (Å²) >= 11 is 0. The molecule has 0 aromatic heterocycles. The fraction of sp³-hybridized carbons (Fsp3) is 0.250. The minimum Gasteiger partial charge on any atom is -0.508 e. The number of aliphatic hydroxyl groups is 1. The van der Waals surface area contributed by atoms with E-state index in [4.69, 9.17) is 9.47 Å². The molecular formula is C16H17NO4. The van der Waals surface area contributed by atoms with Crippen LogP contribution in [0.25, 0.3) is 0 Å². The van der Waals surface area contributed by atoms with Gasteiger partial charge in [-0.3, -0.25) is 0 Å². The number of phenolic OH excluding ortho intramolecular Hbond substituents is 1. The van der Waals surface area contributed by atoms with E-state index in [-0.39, 0.29) is 12.4 Å². The standard InChI is InChI=1S/C16H17NO4/c1-20-13-5-2-11(3-6-13)17-16(9-18)10-21-15-8-12(19)4-7-14(15)16/h2-8,17-19H,9-10H2,1H3. The van der Waals surface area contributed by atoms with Crippen LogP contribution in [0.1, 0.15) is 5.56 Å². The molecule has 0 amide bonds. The SMILES string of the molecule is COc1ccc(NC2(CO)COc3cc(O)ccc32)cc1. The summed E-state index contributed by atoms with van der Waals surface area (Å²) in [6.45, 7) is 0.186. The van der Waals surface area contributed by atoms with Crippen LogP contribution in [0.15, 0.2) is 42.5 Å². The third-order valence-electron chi connectivity index (χ3n) is 3.70. The molecule has 0 bridgehead atoms. The second kappa shape index (κ2) is 5.18. The maximum Gasteiger partial charge on any atom is 0.128 e. The number of anilines is 1. The van der Waals surface area contributed by atoms with Crippen molar-refractivity contribution in [1.82, 2.24) is 0 Å². The second-order valence-corrected chi connectivity index (χ2v) is 5.06. The monoisotopic (exact) mass is 287 g/mol. The molecule has 0 fully saturated rings. The zero-order chi connectivity index (χ0) is 14.9. The predicted octanol–water partition coefficient (Wildman–Crippen LogP) is 2.09. The van der Waals surface area contributed by atoms with Crippen molar-refractivity contribution in [3.8, 4) is 17.2 Å². The van der Waals surface area contributed by atoms with Crippen LogP contribution in [0.3, 0.4) is 0 Å². The number of methoxy groups -OCH3 is 1. The molecule has 1 aliphatic heterocycles. The molecule has 5 nitrogen and oxygen atoms in total. The molecule has 5 heteroatoms. The maximum absolute atomic E-state index is 9.86. The molecule has 3 N–H and O–H groups in total. The Morgan fingerprint density at radius 2 is 2.00 bits per heavy atom. The lowest BCUT2D eigenvalue weighted by Crippen LogP contribution is -2.40. The molecule has 2 aromatic carbocycles. The summed E-state index contributed by atoms with van der Waals surface area (Å²) in [5.41, 5.74) is 0.977. The average Bonchev–Trinajstić information content (AvgIpc) is 2.86. The minimum atomic E-state index is -0.711. The van der Waals surface area contributed by atoms with Crippen LogP contribution in [-0.2, 0) is 5.54 Å². The van der Waals surface area contributed by atoms with Crippen molar-refractivity contribution in [2.75, 3.05) is 25.6 Å². The van der Waals surface area contributed by atoms with E-state index in [1.807, 2.05) is 24.3 Å². The van der Waals surface area contributed by atoms with E-state index in [2.05, 4.69) is 5.32 Å². The van der Waals surface area contributed by atoms with Crippen LogP contribution in [0, 0.1) is 0 Å². The van der Waals surface area contributed by atoms with E-state index < -0.39 is 5.54 Å². The van der Waals surface area contributed by atoms with E-state index in [0.717, 1.165) is 17.0 Å². The highest BCUT2D eigenvalue weighted by atomic mass is 16.5. The first-order valence-electron chi connectivity index (χ1n) is 6.66. The molecule has 0 aliphatic carbocycles. The van der Waals surface area contributed by atoms with Gasteiger partial charge in [-0.2, -0.15) is 0 Å². The van der Waals surface area contributed by atoms with Crippen molar-refractivity contribution in [3.63, 3.8) is 0 Å². The number of fused-ring (bicyclic) bond motifs is 1. The first kappa shape index (κ1) is 13.6. The van der Waals surface area contributed by atoms with Gasteiger partial charge < -0.3 is 25.0 Å². The fourth-order valence-corrected chi connectivity index (χ4v) is 2.53. The van der Waals surface area contributed by atoms with E-state index >= 15 is 0 Å².